The van der Waals surface area contributed by atoms with Crippen LogP contribution in [0.25, 0.3) is 0 Å². The van der Waals surface area contributed by atoms with E-state index in [1.165, 1.54) is 0 Å². The van der Waals surface area contributed by atoms with Crippen LogP contribution in [0.4, 0.5) is 0 Å². The highest BCUT2D eigenvalue weighted by Crippen LogP contribution is 2.34. The van der Waals surface area contributed by atoms with Gasteiger partial charge >= 0.3 is 0 Å². The number of hydrogen-bond acceptors (Lipinski definition) is 3. The zero-order valence-corrected chi connectivity index (χ0v) is 16.9. The molecule has 28 heavy (non-hydrogen) atoms. The van der Waals surface area contributed by atoms with E-state index in [2.05, 4.69) is 16.0 Å². The molecule has 0 radical (unpaired) electrons. The Labute approximate surface area is 166 Å². The van der Waals surface area contributed by atoms with Gasteiger partial charge in [-0.05, 0) is 35.7 Å². The van der Waals surface area contributed by atoms with Crippen molar-refractivity contribution in [3.8, 4) is 5.75 Å². The van der Waals surface area contributed by atoms with Crippen molar-refractivity contribution in [2.75, 3.05) is 20.2 Å². The minimum absolute atomic E-state index is 0.0000307. The zero-order chi connectivity index (χ0) is 20.1. The molecule has 3 rings (SSSR count). The van der Waals surface area contributed by atoms with Crippen LogP contribution < -0.4 is 10.1 Å². The largest absolute Gasteiger partial charge is 0.497 e. The molecule has 1 aromatic carbocycles. The van der Waals surface area contributed by atoms with Gasteiger partial charge in [0, 0.05) is 44.4 Å². The number of methoxy groups -OCH3 is 1. The average molecular weight is 383 g/mol. The van der Waals surface area contributed by atoms with Crippen molar-refractivity contribution in [2.45, 2.75) is 39.3 Å². The molecule has 2 aromatic rings. The second kappa shape index (κ2) is 8.95. The number of rotatable bonds is 7. The van der Waals surface area contributed by atoms with Crippen LogP contribution in [0.15, 0.2) is 42.6 Å². The van der Waals surface area contributed by atoms with E-state index in [0.717, 1.165) is 23.6 Å². The average Bonchev–Trinajstić information content (AvgIpc) is 3.18. The van der Waals surface area contributed by atoms with E-state index in [9.17, 15) is 9.59 Å². The normalized spacial score (nSPS) is 16.0. The molecular formula is C22H29N3O3. The lowest BCUT2D eigenvalue weighted by molar-refractivity contribution is -0.136. The van der Waals surface area contributed by atoms with Gasteiger partial charge in [-0.15, -0.1) is 0 Å². The fourth-order valence-electron chi connectivity index (χ4n) is 3.58. The Kier molecular flexibility index (Phi) is 6.39. The van der Waals surface area contributed by atoms with Gasteiger partial charge < -0.3 is 19.5 Å². The summed E-state index contributed by atoms with van der Waals surface area (Å²) in [6.45, 7) is 6.11. The molecule has 2 heterocycles. The van der Waals surface area contributed by atoms with Gasteiger partial charge in [-0.1, -0.05) is 26.0 Å². The molecule has 0 saturated carbocycles. The van der Waals surface area contributed by atoms with Gasteiger partial charge in [-0.2, -0.15) is 0 Å². The zero-order valence-electron chi connectivity index (χ0n) is 16.9. The molecule has 1 aliphatic rings. The van der Waals surface area contributed by atoms with Gasteiger partial charge in [0.1, 0.15) is 5.75 Å². The summed E-state index contributed by atoms with van der Waals surface area (Å²) < 4.78 is 7.56. The van der Waals surface area contributed by atoms with E-state index in [4.69, 9.17) is 4.74 Å². The number of ether oxygens (including phenoxy) is 1. The molecule has 150 valence electrons. The summed E-state index contributed by atoms with van der Waals surface area (Å²) in [6.07, 6.45) is 2.47. The molecule has 6 heteroatoms. The van der Waals surface area contributed by atoms with E-state index in [-0.39, 0.29) is 30.7 Å². The number of amides is 2. The molecule has 0 aliphatic carbocycles. The van der Waals surface area contributed by atoms with Gasteiger partial charge in [0.15, 0.2) is 0 Å². The maximum atomic E-state index is 13.0. The van der Waals surface area contributed by atoms with Crippen molar-refractivity contribution in [2.24, 2.45) is 5.92 Å². The number of nitrogens with zero attached hydrogens (tertiary/aromatic N) is 2. The number of nitrogens with one attached hydrogen (secondary N) is 1. The molecule has 1 atom stereocenters. The summed E-state index contributed by atoms with van der Waals surface area (Å²) in [4.78, 5) is 26.9. The first kappa shape index (κ1) is 20.0. The van der Waals surface area contributed by atoms with Crippen LogP contribution in [0.2, 0.25) is 0 Å². The highest BCUT2D eigenvalue weighted by molar-refractivity contribution is 5.84. The predicted octanol–water partition coefficient (Wildman–Crippen LogP) is 2.98. The third-order valence-corrected chi connectivity index (χ3v) is 5.04. The number of benzene rings is 1. The highest BCUT2D eigenvalue weighted by Gasteiger charge is 2.32. The third kappa shape index (κ3) is 4.55. The SMILES string of the molecule is COc1cccc([C@@H]2c3cccn3CCN2C(=O)CCC(=O)NCC(C)C)c1. The van der Waals surface area contributed by atoms with E-state index >= 15 is 0 Å². The number of carbonyl (C=O) groups excluding carboxylic acids is 2. The van der Waals surface area contributed by atoms with Gasteiger partial charge in [-0.25, -0.2) is 0 Å². The number of carbonyl (C=O) groups is 2. The lowest BCUT2D eigenvalue weighted by Crippen LogP contribution is -2.42. The second-order valence-corrected chi connectivity index (χ2v) is 7.59. The van der Waals surface area contributed by atoms with E-state index < -0.39 is 0 Å². The van der Waals surface area contributed by atoms with E-state index in [1.54, 1.807) is 7.11 Å². The van der Waals surface area contributed by atoms with Crippen LogP contribution in [0.5, 0.6) is 5.75 Å². The first-order valence-corrected chi connectivity index (χ1v) is 9.84. The minimum atomic E-state index is -0.176. The summed E-state index contributed by atoms with van der Waals surface area (Å²) >= 11 is 0. The van der Waals surface area contributed by atoms with Crippen molar-refractivity contribution < 1.29 is 14.3 Å². The topological polar surface area (TPSA) is 63.6 Å². The molecule has 0 spiro atoms. The van der Waals surface area contributed by atoms with Crippen LogP contribution in [0, 0.1) is 5.92 Å². The van der Waals surface area contributed by atoms with Gasteiger partial charge in [-0.3, -0.25) is 9.59 Å². The Morgan fingerprint density at radius 3 is 2.75 bits per heavy atom. The molecule has 1 aliphatic heterocycles. The fourth-order valence-corrected chi connectivity index (χ4v) is 3.58. The Morgan fingerprint density at radius 2 is 2.00 bits per heavy atom. The molecule has 0 fully saturated rings. The molecule has 2 amide bonds. The second-order valence-electron chi connectivity index (χ2n) is 7.59. The summed E-state index contributed by atoms with van der Waals surface area (Å²) in [5.74, 6) is 1.09. The molecule has 6 nitrogen and oxygen atoms in total. The lowest BCUT2D eigenvalue weighted by atomic mass is 9.99. The lowest BCUT2D eigenvalue weighted by Gasteiger charge is -2.37. The standard InChI is InChI=1S/C22H29N3O3/c1-16(2)15-23-20(26)9-10-21(27)25-13-12-24-11-5-8-19(24)22(25)17-6-4-7-18(14-17)28-3/h4-8,11,14,16,22H,9-10,12-13,15H2,1-3H3,(H,23,26)/t22-/m1/s1. The number of aromatic nitrogens is 1. The first-order valence-electron chi connectivity index (χ1n) is 9.84. The van der Waals surface area contributed by atoms with Gasteiger partial charge in [0.2, 0.25) is 11.8 Å². The third-order valence-electron chi connectivity index (χ3n) is 5.04. The molecule has 0 saturated heterocycles. The summed E-state index contributed by atoms with van der Waals surface area (Å²) in [7, 11) is 1.64. The maximum absolute atomic E-state index is 13.0. The summed E-state index contributed by atoms with van der Waals surface area (Å²) in [6, 6.07) is 11.7. The Hall–Kier alpha value is -2.76. The van der Waals surface area contributed by atoms with Crippen molar-refractivity contribution in [3.63, 3.8) is 0 Å². The quantitative estimate of drug-likeness (QED) is 0.799. The molecule has 1 aromatic heterocycles. The first-order chi connectivity index (χ1) is 13.5. The van der Waals surface area contributed by atoms with Crippen LogP contribution in [0.3, 0.4) is 0 Å². The summed E-state index contributed by atoms with van der Waals surface area (Å²) in [5.41, 5.74) is 2.09. The minimum Gasteiger partial charge on any atom is -0.497 e. The van der Waals surface area contributed by atoms with Gasteiger partial charge in [0.05, 0.1) is 13.2 Å². The Bertz CT molecular complexity index is 828. The van der Waals surface area contributed by atoms with Gasteiger partial charge in [0.25, 0.3) is 0 Å². The van der Waals surface area contributed by atoms with Crippen LogP contribution >= 0.6 is 0 Å². The van der Waals surface area contributed by atoms with Crippen molar-refractivity contribution in [3.05, 3.63) is 53.9 Å². The smallest absolute Gasteiger partial charge is 0.223 e. The maximum Gasteiger partial charge on any atom is 0.223 e. The molecular weight excluding hydrogens is 354 g/mol. The monoisotopic (exact) mass is 383 g/mol. The van der Waals surface area contributed by atoms with Crippen molar-refractivity contribution in [1.29, 1.82) is 0 Å². The molecule has 1 N–H and O–H groups in total. The van der Waals surface area contributed by atoms with E-state index in [0.29, 0.717) is 19.0 Å². The van der Waals surface area contributed by atoms with Crippen LogP contribution in [-0.4, -0.2) is 41.5 Å². The van der Waals surface area contributed by atoms with Crippen molar-refractivity contribution in [1.82, 2.24) is 14.8 Å². The molecule has 0 bridgehead atoms. The van der Waals surface area contributed by atoms with E-state index in [1.807, 2.05) is 55.3 Å². The Morgan fingerprint density at radius 1 is 1.18 bits per heavy atom. The van der Waals surface area contributed by atoms with Crippen molar-refractivity contribution >= 4 is 11.8 Å². The predicted molar refractivity (Wildman–Crippen MR) is 108 cm³/mol. The fraction of sp³-hybridized carbons (Fsp3) is 0.455. The molecule has 0 unspecified atom stereocenters. The number of fused-ring (bicyclic) bond motifs is 1. The highest BCUT2D eigenvalue weighted by atomic mass is 16.5. The number of hydrogen-bond donors (Lipinski definition) is 1. The Balaban J connectivity index is 1.77. The van der Waals surface area contributed by atoms with Crippen LogP contribution in [-0.2, 0) is 16.1 Å². The van der Waals surface area contributed by atoms with Crippen LogP contribution in [0.1, 0.15) is 44.0 Å². The summed E-state index contributed by atoms with van der Waals surface area (Å²) in [5, 5.41) is 2.88.